The fourth-order valence-corrected chi connectivity index (χ4v) is 5.47. The van der Waals surface area contributed by atoms with Crippen LogP contribution >= 0.6 is 22.9 Å². The van der Waals surface area contributed by atoms with Gasteiger partial charge in [-0.2, -0.15) is 0 Å². The molecular weight excluding hydrogens is 512 g/mol. The van der Waals surface area contributed by atoms with Crippen molar-refractivity contribution in [3.05, 3.63) is 108 Å². The van der Waals surface area contributed by atoms with Gasteiger partial charge in [-0.15, -0.1) is 0 Å². The first-order chi connectivity index (χ1) is 17.9. The molecule has 1 aliphatic rings. The van der Waals surface area contributed by atoms with Crippen LogP contribution in [-0.4, -0.2) is 24.3 Å². The number of hydrogen-bond acceptors (Lipinski definition) is 7. The summed E-state index contributed by atoms with van der Waals surface area (Å²) in [6, 6.07) is 17.5. The Bertz CT molecular complexity index is 1700. The smallest absolute Gasteiger partial charge is 0.338 e. The molecule has 0 fully saturated rings. The van der Waals surface area contributed by atoms with Crippen molar-refractivity contribution in [2.24, 2.45) is 4.99 Å². The third kappa shape index (κ3) is 4.77. The van der Waals surface area contributed by atoms with Crippen LogP contribution in [0.3, 0.4) is 0 Å². The van der Waals surface area contributed by atoms with E-state index in [1.165, 1.54) is 11.3 Å². The molecule has 7 nitrogen and oxygen atoms in total. The molecule has 5 rings (SSSR count). The number of hydrogen-bond donors (Lipinski definition) is 0. The zero-order valence-corrected chi connectivity index (χ0v) is 21.9. The second-order valence-electron chi connectivity index (χ2n) is 8.29. The average Bonchev–Trinajstić information content (AvgIpc) is 3.48. The average molecular weight is 535 g/mol. The van der Waals surface area contributed by atoms with Crippen LogP contribution in [0.5, 0.6) is 5.75 Å². The molecule has 1 aliphatic heterocycles. The van der Waals surface area contributed by atoms with Gasteiger partial charge in [0.1, 0.15) is 17.3 Å². The molecule has 3 heterocycles. The number of furan rings is 1. The van der Waals surface area contributed by atoms with Crippen LogP contribution in [0, 0.1) is 0 Å². The van der Waals surface area contributed by atoms with Gasteiger partial charge in [0.15, 0.2) is 4.80 Å². The highest BCUT2D eigenvalue weighted by atomic mass is 35.5. The van der Waals surface area contributed by atoms with E-state index in [1.807, 2.05) is 36.4 Å². The fraction of sp³-hybridized carbons (Fsp3) is 0.179. The number of esters is 1. The SMILES string of the molecule is CCOC(=O)C1=C(C)N=c2sc(=Cc3ccc(-c4cccc(Cl)c4)o3)c(=O)n2[C@@H]1c1ccc(OC)cc1. The molecule has 0 bridgehead atoms. The Morgan fingerprint density at radius 3 is 2.68 bits per heavy atom. The lowest BCUT2D eigenvalue weighted by Gasteiger charge is -2.24. The summed E-state index contributed by atoms with van der Waals surface area (Å²) < 4.78 is 18.6. The number of halogens is 1. The summed E-state index contributed by atoms with van der Waals surface area (Å²) in [7, 11) is 1.58. The molecule has 0 amide bonds. The monoisotopic (exact) mass is 534 g/mol. The van der Waals surface area contributed by atoms with Gasteiger partial charge in [-0.1, -0.05) is 47.2 Å². The molecule has 2 aromatic heterocycles. The van der Waals surface area contributed by atoms with E-state index in [4.69, 9.17) is 25.5 Å². The van der Waals surface area contributed by atoms with E-state index in [0.717, 1.165) is 11.1 Å². The van der Waals surface area contributed by atoms with E-state index in [9.17, 15) is 9.59 Å². The number of thiazole rings is 1. The Balaban J connectivity index is 1.63. The Hall–Kier alpha value is -3.88. The van der Waals surface area contributed by atoms with Crippen LogP contribution in [0.4, 0.5) is 0 Å². The van der Waals surface area contributed by atoms with Crippen molar-refractivity contribution in [1.82, 2.24) is 4.57 Å². The molecule has 0 N–H and O–H groups in total. The van der Waals surface area contributed by atoms with E-state index >= 15 is 0 Å². The van der Waals surface area contributed by atoms with Crippen molar-refractivity contribution in [2.45, 2.75) is 19.9 Å². The summed E-state index contributed by atoms with van der Waals surface area (Å²) in [5, 5.41) is 0.607. The Kier molecular flexibility index (Phi) is 6.86. The Morgan fingerprint density at radius 1 is 1.19 bits per heavy atom. The second-order valence-corrected chi connectivity index (χ2v) is 9.73. The van der Waals surface area contributed by atoms with Crippen LogP contribution in [-0.2, 0) is 9.53 Å². The van der Waals surface area contributed by atoms with Crippen LogP contribution in [0.15, 0.2) is 86.1 Å². The summed E-state index contributed by atoms with van der Waals surface area (Å²) in [6.45, 7) is 3.71. The maximum absolute atomic E-state index is 13.7. The molecule has 4 aromatic rings. The number of aromatic nitrogens is 1. The summed E-state index contributed by atoms with van der Waals surface area (Å²) in [5.74, 6) is 1.32. The Morgan fingerprint density at radius 2 is 1.97 bits per heavy atom. The molecule has 1 atom stereocenters. The van der Waals surface area contributed by atoms with E-state index < -0.39 is 12.0 Å². The van der Waals surface area contributed by atoms with Crippen molar-refractivity contribution in [1.29, 1.82) is 0 Å². The minimum Gasteiger partial charge on any atom is -0.497 e. The zero-order chi connectivity index (χ0) is 26.1. The van der Waals surface area contributed by atoms with Crippen molar-refractivity contribution >= 4 is 35.0 Å². The second kappa shape index (κ2) is 10.2. The first-order valence-electron chi connectivity index (χ1n) is 11.6. The van der Waals surface area contributed by atoms with Crippen molar-refractivity contribution in [3.63, 3.8) is 0 Å². The number of carbonyl (C=O) groups excluding carboxylic acids is 1. The van der Waals surface area contributed by atoms with Crippen LogP contribution in [0.1, 0.15) is 31.2 Å². The number of carbonyl (C=O) groups is 1. The molecular formula is C28H23ClN2O5S. The summed E-state index contributed by atoms with van der Waals surface area (Å²) >= 11 is 7.35. The maximum Gasteiger partial charge on any atom is 0.338 e. The van der Waals surface area contributed by atoms with Gasteiger partial charge in [0.2, 0.25) is 0 Å². The van der Waals surface area contributed by atoms with Gasteiger partial charge in [-0.25, -0.2) is 9.79 Å². The molecule has 0 radical (unpaired) electrons. The van der Waals surface area contributed by atoms with E-state index in [2.05, 4.69) is 4.99 Å². The number of fused-ring (bicyclic) bond motifs is 1. The van der Waals surface area contributed by atoms with Crippen LogP contribution < -0.4 is 19.6 Å². The topological polar surface area (TPSA) is 83.0 Å². The minimum absolute atomic E-state index is 0.211. The first kappa shape index (κ1) is 24.8. The highest BCUT2D eigenvalue weighted by molar-refractivity contribution is 7.07. The highest BCUT2D eigenvalue weighted by Gasteiger charge is 2.33. The fourth-order valence-electron chi connectivity index (χ4n) is 4.25. The molecule has 2 aromatic carbocycles. The lowest BCUT2D eigenvalue weighted by Crippen LogP contribution is -2.39. The van der Waals surface area contributed by atoms with Crippen LogP contribution in [0.25, 0.3) is 17.4 Å². The molecule has 0 spiro atoms. The number of ether oxygens (including phenoxy) is 2. The number of methoxy groups -OCH3 is 1. The molecule has 188 valence electrons. The largest absolute Gasteiger partial charge is 0.497 e. The van der Waals surface area contributed by atoms with Crippen molar-refractivity contribution in [2.75, 3.05) is 13.7 Å². The number of benzene rings is 2. The third-order valence-corrected chi connectivity index (χ3v) is 7.18. The number of rotatable bonds is 6. The van der Waals surface area contributed by atoms with Crippen LogP contribution in [0.2, 0.25) is 5.02 Å². The van der Waals surface area contributed by atoms with Gasteiger partial charge >= 0.3 is 5.97 Å². The molecule has 0 saturated heterocycles. The predicted molar refractivity (Wildman–Crippen MR) is 143 cm³/mol. The van der Waals surface area contributed by atoms with Gasteiger partial charge in [0, 0.05) is 16.7 Å². The van der Waals surface area contributed by atoms with Gasteiger partial charge in [-0.3, -0.25) is 9.36 Å². The molecule has 0 saturated carbocycles. The lowest BCUT2D eigenvalue weighted by molar-refractivity contribution is -0.139. The van der Waals surface area contributed by atoms with Gasteiger partial charge in [0.25, 0.3) is 5.56 Å². The van der Waals surface area contributed by atoms with Crippen molar-refractivity contribution in [3.8, 4) is 17.1 Å². The van der Waals surface area contributed by atoms with Crippen molar-refractivity contribution < 1.29 is 18.7 Å². The van der Waals surface area contributed by atoms with Gasteiger partial charge < -0.3 is 13.9 Å². The standard InChI is InChI=1S/C28H23ClN2O5S/c1-4-35-27(33)24-16(2)30-28-31(25(24)17-8-10-20(34-3)11-9-17)26(32)23(37-28)15-21-12-13-22(36-21)18-6-5-7-19(29)14-18/h5-15,25H,4H2,1-3H3/t25-/m1/s1. The molecule has 0 aliphatic carbocycles. The maximum atomic E-state index is 13.7. The van der Waals surface area contributed by atoms with Gasteiger partial charge in [0.05, 0.1) is 35.6 Å². The molecule has 0 unspecified atom stereocenters. The highest BCUT2D eigenvalue weighted by Crippen LogP contribution is 2.31. The normalized spacial score (nSPS) is 15.4. The first-order valence-corrected chi connectivity index (χ1v) is 12.8. The predicted octanol–water partition coefficient (Wildman–Crippen LogP) is 4.72. The quantitative estimate of drug-likeness (QED) is 0.334. The minimum atomic E-state index is -0.693. The van der Waals surface area contributed by atoms with E-state index in [1.54, 1.807) is 55.9 Å². The number of nitrogens with zero attached hydrogens (tertiary/aromatic N) is 2. The third-order valence-electron chi connectivity index (χ3n) is 5.96. The summed E-state index contributed by atoms with van der Waals surface area (Å²) in [6.07, 6.45) is 1.69. The van der Waals surface area contributed by atoms with Gasteiger partial charge in [-0.05, 0) is 55.8 Å². The Labute approximate surface area is 221 Å². The molecule has 9 heteroatoms. The van der Waals surface area contributed by atoms with E-state index in [-0.39, 0.29) is 12.2 Å². The summed E-state index contributed by atoms with van der Waals surface area (Å²) in [4.78, 5) is 31.8. The lowest BCUT2D eigenvalue weighted by atomic mass is 9.96. The zero-order valence-electron chi connectivity index (χ0n) is 20.4. The van der Waals surface area contributed by atoms with E-state index in [0.29, 0.717) is 42.9 Å². The number of allylic oxidation sites excluding steroid dienone is 1. The summed E-state index contributed by atoms with van der Waals surface area (Å²) in [5.41, 5.74) is 2.13. The molecule has 37 heavy (non-hydrogen) atoms.